The molecule has 146 valence electrons. The number of nitrogens with one attached hydrogen (secondary N) is 1. The minimum absolute atomic E-state index is 0.259. The largest absolute Gasteiger partial charge is 0.493 e. The topological polar surface area (TPSA) is 64.4 Å². The van der Waals surface area contributed by atoms with Crippen LogP contribution in [0.4, 0.5) is 0 Å². The average Bonchev–Trinajstić information content (AvgIpc) is 3.15. The fraction of sp³-hybridized carbons (Fsp3) is 0.273. The maximum Gasteiger partial charge on any atom is 0.287 e. The molecule has 0 aliphatic heterocycles. The van der Waals surface area contributed by atoms with Gasteiger partial charge in [-0.3, -0.25) is 9.78 Å². The van der Waals surface area contributed by atoms with Gasteiger partial charge in [0.05, 0.1) is 6.61 Å². The van der Waals surface area contributed by atoms with E-state index in [2.05, 4.69) is 24.1 Å². The van der Waals surface area contributed by atoms with Gasteiger partial charge in [0, 0.05) is 35.9 Å². The summed E-state index contributed by atoms with van der Waals surface area (Å²) in [7, 11) is 0. The molecule has 6 heteroatoms. The van der Waals surface area contributed by atoms with E-state index in [1.54, 1.807) is 30.6 Å². The van der Waals surface area contributed by atoms with Crippen molar-refractivity contribution in [2.24, 2.45) is 5.92 Å². The number of aromatic nitrogens is 1. The predicted octanol–water partition coefficient (Wildman–Crippen LogP) is 4.88. The molecule has 0 spiro atoms. The Balaban J connectivity index is 1.65. The SMILES string of the molecule is CC(C)COc1ccc(Cl)cc1Cc1ccc(C(=O)NCc2ccncc2)o1. The zero-order chi connectivity index (χ0) is 19.9. The van der Waals surface area contributed by atoms with Gasteiger partial charge < -0.3 is 14.5 Å². The summed E-state index contributed by atoms with van der Waals surface area (Å²) in [5.41, 5.74) is 1.90. The lowest BCUT2D eigenvalue weighted by Gasteiger charge is -2.13. The van der Waals surface area contributed by atoms with Crippen LogP contribution in [0, 0.1) is 5.92 Å². The van der Waals surface area contributed by atoms with E-state index < -0.39 is 0 Å². The van der Waals surface area contributed by atoms with E-state index in [0.29, 0.717) is 36.3 Å². The number of benzene rings is 1. The van der Waals surface area contributed by atoms with Crippen LogP contribution >= 0.6 is 11.6 Å². The number of nitrogens with zero attached hydrogens (tertiary/aromatic N) is 1. The fourth-order valence-electron chi connectivity index (χ4n) is 2.64. The average molecular weight is 399 g/mol. The zero-order valence-electron chi connectivity index (χ0n) is 15.9. The summed E-state index contributed by atoms with van der Waals surface area (Å²) in [6.07, 6.45) is 3.87. The van der Waals surface area contributed by atoms with Crippen LogP contribution < -0.4 is 10.1 Å². The van der Waals surface area contributed by atoms with Gasteiger partial charge in [0.1, 0.15) is 11.5 Å². The van der Waals surface area contributed by atoms with Gasteiger partial charge in [0.2, 0.25) is 0 Å². The van der Waals surface area contributed by atoms with E-state index in [1.807, 2.05) is 24.3 Å². The summed E-state index contributed by atoms with van der Waals surface area (Å²) in [5.74, 6) is 1.88. The number of pyridine rings is 1. The first-order valence-electron chi connectivity index (χ1n) is 9.18. The second-order valence-corrected chi connectivity index (χ2v) is 7.37. The number of furan rings is 1. The molecule has 0 saturated carbocycles. The number of rotatable bonds is 8. The number of ether oxygens (including phenoxy) is 1. The van der Waals surface area contributed by atoms with Crippen LogP contribution in [-0.2, 0) is 13.0 Å². The minimum atomic E-state index is -0.259. The summed E-state index contributed by atoms with van der Waals surface area (Å²) in [6, 6.07) is 12.7. The minimum Gasteiger partial charge on any atom is -0.493 e. The van der Waals surface area contributed by atoms with Crippen LogP contribution in [0.25, 0.3) is 0 Å². The second-order valence-electron chi connectivity index (χ2n) is 6.94. The molecule has 0 radical (unpaired) electrons. The third-order valence-electron chi connectivity index (χ3n) is 4.05. The highest BCUT2D eigenvalue weighted by atomic mass is 35.5. The first kappa shape index (κ1) is 20.0. The highest BCUT2D eigenvalue weighted by Gasteiger charge is 2.14. The number of hydrogen-bond acceptors (Lipinski definition) is 4. The van der Waals surface area contributed by atoms with Crippen molar-refractivity contribution in [3.63, 3.8) is 0 Å². The molecule has 3 rings (SSSR count). The lowest BCUT2D eigenvalue weighted by Crippen LogP contribution is -2.22. The van der Waals surface area contributed by atoms with E-state index in [-0.39, 0.29) is 11.7 Å². The normalized spacial score (nSPS) is 10.9. The van der Waals surface area contributed by atoms with E-state index in [0.717, 1.165) is 16.9 Å². The van der Waals surface area contributed by atoms with Gasteiger partial charge in [-0.2, -0.15) is 0 Å². The highest BCUT2D eigenvalue weighted by Crippen LogP contribution is 2.26. The molecule has 0 aliphatic carbocycles. The van der Waals surface area contributed by atoms with Gasteiger partial charge in [-0.25, -0.2) is 0 Å². The van der Waals surface area contributed by atoms with E-state index in [1.165, 1.54) is 0 Å². The maximum absolute atomic E-state index is 12.3. The van der Waals surface area contributed by atoms with Gasteiger partial charge in [0.15, 0.2) is 5.76 Å². The molecule has 0 atom stereocenters. The van der Waals surface area contributed by atoms with Crippen molar-refractivity contribution in [2.75, 3.05) is 6.61 Å². The molecule has 0 unspecified atom stereocenters. The zero-order valence-corrected chi connectivity index (χ0v) is 16.7. The van der Waals surface area contributed by atoms with Gasteiger partial charge in [-0.05, 0) is 53.9 Å². The Morgan fingerprint density at radius 2 is 1.96 bits per heavy atom. The lowest BCUT2D eigenvalue weighted by molar-refractivity contribution is 0.0921. The van der Waals surface area contributed by atoms with E-state index in [4.69, 9.17) is 20.8 Å². The van der Waals surface area contributed by atoms with Crippen molar-refractivity contribution in [1.82, 2.24) is 10.3 Å². The number of carbonyl (C=O) groups excluding carboxylic acids is 1. The molecule has 2 aromatic heterocycles. The Morgan fingerprint density at radius 3 is 2.71 bits per heavy atom. The molecular weight excluding hydrogens is 376 g/mol. The van der Waals surface area contributed by atoms with Gasteiger partial charge >= 0.3 is 0 Å². The molecule has 0 bridgehead atoms. The summed E-state index contributed by atoms with van der Waals surface area (Å²) in [6.45, 7) is 5.23. The van der Waals surface area contributed by atoms with Gasteiger partial charge in [-0.15, -0.1) is 0 Å². The molecule has 5 nitrogen and oxygen atoms in total. The first-order valence-corrected chi connectivity index (χ1v) is 9.56. The third-order valence-corrected chi connectivity index (χ3v) is 4.28. The van der Waals surface area contributed by atoms with Crippen LogP contribution in [0.5, 0.6) is 5.75 Å². The quantitative estimate of drug-likeness (QED) is 0.587. The molecular formula is C22H23ClN2O3. The Kier molecular flexibility index (Phi) is 6.71. The Bertz CT molecular complexity index is 923. The monoisotopic (exact) mass is 398 g/mol. The maximum atomic E-state index is 12.3. The molecule has 28 heavy (non-hydrogen) atoms. The summed E-state index contributed by atoms with van der Waals surface area (Å²) >= 11 is 6.15. The predicted molar refractivity (Wildman–Crippen MR) is 109 cm³/mol. The van der Waals surface area contributed by atoms with Crippen molar-refractivity contribution in [2.45, 2.75) is 26.8 Å². The van der Waals surface area contributed by atoms with E-state index in [9.17, 15) is 4.79 Å². The molecule has 0 fully saturated rings. The summed E-state index contributed by atoms with van der Waals surface area (Å²) in [5, 5.41) is 3.47. The fourth-order valence-corrected chi connectivity index (χ4v) is 2.83. The summed E-state index contributed by atoms with van der Waals surface area (Å²) < 4.78 is 11.6. The molecule has 2 heterocycles. The molecule has 1 N–H and O–H groups in total. The van der Waals surface area contributed by atoms with Gasteiger partial charge in [-0.1, -0.05) is 25.4 Å². The van der Waals surface area contributed by atoms with Crippen LogP contribution in [-0.4, -0.2) is 17.5 Å². The Hall–Kier alpha value is -2.79. The van der Waals surface area contributed by atoms with E-state index >= 15 is 0 Å². The molecule has 0 saturated heterocycles. The van der Waals surface area contributed by atoms with Crippen LogP contribution in [0.1, 0.15) is 41.3 Å². The van der Waals surface area contributed by atoms with Crippen molar-refractivity contribution >= 4 is 17.5 Å². The van der Waals surface area contributed by atoms with Crippen molar-refractivity contribution in [3.05, 3.63) is 82.5 Å². The second kappa shape index (κ2) is 9.42. The number of hydrogen-bond donors (Lipinski definition) is 1. The van der Waals surface area contributed by atoms with Crippen molar-refractivity contribution < 1.29 is 13.9 Å². The first-order chi connectivity index (χ1) is 13.5. The Morgan fingerprint density at radius 1 is 1.18 bits per heavy atom. The van der Waals surface area contributed by atoms with Gasteiger partial charge in [0.25, 0.3) is 5.91 Å². The van der Waals surface area contributed by atoms with Crippen LogP contribution in [0.2, 0.25) is 5.02 Å². The third kappa shape index (κ3) is 5.60. The standard InChI is InChI=1S/C22H23ClN2O3/c1-15(2)14-27-20-5-3-18(23)11-17(20)12-19-4-6-21(28-19)22(26)25-13-16-7-9-24-10-8-16/h3-11,15H,12-14H2,1-2H3,(H,25,26). The molecule has 1 aromatic carbocycles. The van der Waals surface area contributed by atoms with Crippen LogP contribution in [0.3, 0.4) is 0 Å². The Labute approximate surface area is 169 Å². The number of amides is 1. The smallest absolute Gasteiger partial charge is 0.287 e. The lowest BCUT2D eigenvalue weighted by atomic mass is 10.1. The number of carbonyl (C=O) groups is 1. The molecule has 1 amide bonds. The number of halogens is 1. The van der Waals surface area contributed by atoms with Crippen molar-refractivity contribution in [3.8, 4) is 5.75 Å². The molecule has 0 aliphatic rings. The highest BCUT2D eigenvalue weighted by molar-refractivity contribution is 6.30. The van der Waals surface area contributed by atoms with Crippen LogP contribution in [0.15, 0.2) is 59.3 Å². The van der Waals surface area contributed by atoms with Crippen molar-refractivity contribution in [1.29, 1.82) is 0 Å². The molecule has 3 aromatic rings. The summed E-state index contributed by atoms with van der Waals surface area (Å²) in [4.78, 5) is 16.3.